The predicted molar refractivity (Wildman–Crippen MR) is 101 cm³/mol. The number of nitrogens with zero attached hydrogens (tertiary/aromatic N) is 2. The molecule has 0 radical (unpaired) electrons. The van der Waals surface area contributed by atoms with Gasteiger partial charge in [0.25, 0.3) is 5.91 Å². The van der Waals surface area contributed by atoms with E-state index in [4.69, 9.17) is 0 Å². The fourth-order valence-corrected chi connectivity index (χ4v) is 3.36. The van der Waals surface area contributed by atoms with Gasteiger partial charge in [0.05, 0.1) is 5.69 Å². The van der Waals surface area contributed by atoms with Crippen LogP contribution >= 0.6 is 11.3 Å². The van der Waals surface area contributed by atoms with Crippen molar-refractivity contribution in [2.45, 2.75) is 20.8 Å². The van der Waals surface area contributed by atoms with E-state index in [2.05, 4.69) is 36.2 Å². The molecule has 24 heavy (non-hydrogen) atoms. The number of carbonyl (C=O) groups excluding carboxylic acids is 1. The quantitative estimate of drug-likeness (QED) is 0.664. The number of hydrogen-bond acceptors (Lipinski definition) is 3. The summed E-state index contributed by atoms with van der Waals surface area (Å²) in [6.45, 7) is 6.64. The highest BCUT2D eigenvalue weighted by molar-refractivity contribution is 7.14. The van der Waals surface area contributed by atoms with Gasteiger partial charge in [-0.3, -0.25) is 9.69 Å². The maximum Gasteiger partial charge on any atom is 0.260 e. The number of hydrogen-bond donors (Lipinski definition) is 0. The number of anilines is 1. The molecule has 0 atom stereocenters. The molecule has 0 fully saturated rings. The van der Waals surface area contributed by atoms with E-state index in [0.717, 1.165) is 22.0 Å². The average Bonchev–Trinajstić information content (AvgIpc) is 3.06. The van der Waals surface area contributed by atoms with Gasteiger partial charge >= 0.3 is 0 Å². The molecule has 3 rings (SSSR count). The van der Waals surface area contributed by atoms with E-state index >= 15 is 0 Å². The maximum absolute atomic E-state index is 12.8. The molecule has 0 aliphatic heterocycles. The zero-order valence-electron chi connectivity index (χ0n) is 14.1. The predicted octanol–water partition coefficient (Wildman–Crippen LogP) is 5.09. The van der Waals surface area contributed by atoms with Gasteiger partial charge in [0.2, 0.25) is 0 Å². The number of carbonyl (C=O) groups is 1. The van der Waals surface area contributed by atoms with Crippen molar-refractivity contribution in [3.63, 3.8) is 0 Å². The lowest BCUT2D eigenvalue weighted by atomic mass is 10.1. The minimum atomic E-state index is -0.0118. The van der Waals surface area contributed by atoms with Crippen LogP contribution in [-0.4, -0.2) is 17.4 Å². The highest BCUT2D eigenvalue weighted by Crippen LogP contribution is 2.28. The van der Waals surface area contributed by atoms with Crippen LogP contribution in [0.5, 0.6) is 0 Å². The molecule has 1 heterocycles. The second kappa shape index (κ2) is 6.97. The van der Waals surface area contributed by atoms with E-state index in [1.165, 1.54) is 16.9 Å². The molecular weight excluding hydrogens is 316 g/mol. The zero-order chi connectivity index (χ0) is 17.1. The number of benzene rings is 2. The van der Waals surface area contributed by atoms with Crippen molar-refractivity contribution in [1.82, 2.24) is 4.98 Å². The average molecular weight is 336 g/mol. The monoisotopic (exact) mass is 336 g/mol. The molecule has 0 N–H and O–H groups in total. The van der Waals surface area contributed by atoms with Gasteiger partial charge in [0.1, 0.15) is 0 Å². The van der Waals surface area contributed by atoms with Gasteiger partial charge in [-0.25, -0.2) is 4.98 Å². The molecule has 2 aromatic carbocycles. The Labute approximate surface area is 146 Å². The lowest BCUT2D eigenvalue weighted by molar-refractivity contribution is 0.0988. The van der Waals surface area contributed by atoms with Crippen LogP contribution in [0.2, 0.25) is 0 Å². The van der Waals surface area contributed by atoms with Gasteiger partial charge in [0.15, 0.2) is 5.13 Å². The molecule has 3 nitrogen and oxygen atoms in total. The Balaban J connectivity index is 1.87. The highest BCUT2D eigenvalue weighted by atomic mass is 32.1. The van der Waals surface area contributed by atoms with Crippen LogP contribution in [0.15, 0.2) is 53.9 Å². The Hall–Kier alpha value is -2.46. The lowest BCUT2D eigenvalue weighted by Crippen LogP contribution is -2.30. The SMILES string of the molecule is CCN(C(=O)c1ccc(C)cc1)c1nc(-c2ccc(C)cc2)cs1. The first-order valence-corrected chi connectivity index (χ1v) is 8.87. The van der Waals surface area contributed by atoms with Crippen molar-refractivity contribution in [2.24, 2.45) is 0 Å². The van der Waals surface area contributed by atoms with Crippen molar-refractivity contribution in [1.29, 1.82) is 0 Å². The molecule has 0 saturated carbocycles. The first-order chi connectivity index (χ1) is 11.6. The van der Waals surface area contributed by atoms with Crippen LogP contribution < -0.4 is 4.90 Å². The van der Waals surface area contributed by atoms with Gasteiger partial charge in [-0.2, -0.15) is 0 Å². The Morgan fingerprint density at radius 2 is 1.58 bits per heavy atom. The third-order valence-corrected chi connectivity index (χ3v) is 4.79. The molecule has 0 aliphatic carbocycles. The number of amides is 1. The van der Waals surface area contributed by atoms with Gasteiger partial charge in [-0.1, -0.05) is 47.5 Å². The summed E-state index contributed by atoms with van der Waals surface area (Å²) in [5.41, 5.74) is 5.03. The molecule has 0 spiro atoms. The van der Waals surface area contributed by atoms with E-state index in [1.54, 1.807) is 4.90 Å². The van der Waals surface area contributed by atoms with Crippen LogP contribution in [0.25, 0.3) is 11.3 Å². The summed E-state index contributed by atoms with van der Waals surface area (Å²) >= 11 is 1.50. The summed E-state index contributed by atoms with van der Waals surface area (Å²) in [7, 11) is 0. The number of aryl methyl sites for hydroxylation is 2. The first kappa shape index (κ1) is 16.4. The third kappa shape index (κ3) is 3.39. The summed E-state index contributed by atoms with van der Waals surface area (Å²) < 4.78 is 0. The van der Waals surface area contributed by atoms with Gasteiger partial charge < -0.3 is 0 Å². The van der Waals surface area contributed by atoms with Crippen molar-refractivity contribution in [3.05, 3.63) is 70.6 Å². The fourth-order valence-electron chi connectivity index (χ4n) is 2.46. The van der Waals surface area contributed by atoms with Crippen molar-refractivity contribution < 1.29 is 4.79 Å². The summed E-state index contributed by atoms with van der Waals surface area (Å²) in [6, 6.07) is 15.9. The number of thiazole rings is 1. The van der Waals surface area contributed by atoms with Gasteiger partial charge in [0, 0.05) is 23.1 Å². The minimum absolute atomic E-state index is 0.0118. The molecule has 3 aromatic rings. The summed E-state index contributed by atoms with van der Waals surface area (Å²) in [5.74, 6) is -0.0118. The van der Waals surface area contributed by atoms with E-state index in [9.17, 15) is 4.79 Å². The summed E-state index contributed by atoms with van der Waals surface area (Å²) in [4.78, 5) is 19.2. The zero-order valence-corrected chi connectivity index (χ0v) is 14.9. The Morgan fingerprint density at radius 1 is 1.00 bits per heavy atom. The van der Waals surface area contributed by atoms with Crippen LogP contribution in [-0.2, 0) is 0 Å². The van der Waals surface area contributed by atoms with E-state index in [1.807, 2.05) is 43.5 Å². The Bertz CT molecular complexity index is 835. The maximum atomic E-state index is 12.8. The highest BCUT2D eigenvalue weighted by Gasteiger charge is 2.19. The first-order valence-electron chi connectivity index (χ1n) is 7.99. The number of aromatic nitrogens is 1. The molecule has 0 unspecified atom stereocenters. The fraction of sp³-hybridized carbons (Fsp3) is 0.200. The molecule has 4 heteroatoms. The van der Waals surface area contributed by atoms with Crippen molar-refractivity contribution in [3.8, 4) is 11.3 Å². The standard InChI is InChI=1S/C20H20N2OS/c1-4-22(19(23)17-11-7-15(3)8-12-17)20-21-18(13-24-20)16-9-5-14(2)6-10-16/h5-13H,4H2,1-3H3. The Morgan fingerprint density at radius 3 is 2.17 bits per heavy atom. The van der Waals surface area contributed by atoms with Crippen LogP contribution in [0.4, 0.5) is 5.13 Å². The normalized spacial score (nSPS) is 10.6. The van der Waals surface area contributed by atoms with Crippen molar-refractivity contribution >= 4 is 22.4 Å². The van der Waals surface area contributed by atoms with Crippen LogP contribution in [0, 0.1) is 13.8 Å². The number of rotatable bonds is 4. The van der Waals surface area contributed by atoms with Gasteiger partial charge in [-0.15, -0.1) is 11.3 Å². The molecule has 1 aromatic heterocycles. The largest absolute Gasteiger partial charge is 0.284 e. The summed E-state index contributed by atoms with van der Waals surface area (Å²) in [5, 5.41) is 2.74. The molecular formula is C20H20N2OS. The van der Waals surface area contributed by atoms with Crippen LogP contribution in [0.1, 0.15) is 28.4 Å². The van der Waals surface area contributed by atoms with E-state index < -0.39 is 0 Å². The minimum Gasteiger partial charge on any atom is -0.284 e. The van der Waals surface area contributed by atoms with E-state index in [-0.39, 0.29) is 5.91 Å². The second-order valence-electron chi connectivity index (χ2n) is 5.80. The second-order valence-corrected chi connectivity index (χ2v) is 6.63. The molecule has 0 bridgehead atoms. The van der Waals surface area contributed by atoms with Gasteiger partial charge in [-0.05, 0) is 32.9 Å². The molecule has 122 valence electrons. The van der Waals surface area contributed by atoms with E-state index in [0.29, 0.717) is 12.1 Å². The third-order valence-electron chi connectivity index (χ3n) is 3.93. The Kier molecular flexibility index (Phi) is 4.76. The van der Waals surface area contributed by atoms with Crippen LogP contribution in [0.3, 0.4) is 0 Å². The topological polar surface area (TPSA) is 33.2 Å². The molecule has 1 amide bonds. The van der Waals surface area contributed by atoms with Crippen molar-refractivity contribution in [2.75, 3.05) is 11.4 Å². The summed E-state index contributed by atoms with van der Waals surface area (Å²) in [6.07, 6.45) is 0. The lowest BCUT2D eigenvalue weighted by Gasteiger charge is -2.17. The smallest absolute Gasteiger partial charge is 0.260 e. The molecule has 0 aliphatic rings. The molecule has 0 saturated heterocycles.